The standard InChI is InChI=1S/C22H22N4O2/c1-28-17-8-6-15(7-9-17)13-26-22(27)19-5-3-2-4-18(19)16-12-20-21(25-14-16)24-11-10-23-20/h2-9,12,14,23H,10-11,13H2,1H3,(H,24,25)(H,26,27). The first-order chi connectivity index (χ1) is 13.7. The van der Waals surface area contributed by atoms with Crippen LogP contribution in [0.3, 0.4) is 0 Å². The summed E-state index contributed by atoms with van der Waals surface area (Å²) in [5.41, 5.74) is 4.36. The normalized spacial score (nSPS) is 12.3. The van der Waals surface area contributed by atoms with Gasteiger partial charge in [-0.05, 0) is 35.4 Å². The van der Waals surface area contributed by atoms with Crippen LogP contribution in [0.1, 0.15) is 15.9 Å². The highest BCUT2D eigenvalue weighted by Crippen LogP contribution is 2.30. The molecule has 0 aliphatic carbocycles. The summed E-state index contributed by atoms with van der Waals surface area (Å²) >= 11 is 0. The van der Waals surface area contributed by atoms with Crippen LogP contribution in [0.4, 0.5) is 11.5 Å². The molecule has 0 saturated heterocycles. The molecule has 4 rings (SSSR count). The van der Waals surface area contributed by atoms with E-state index < -0.39 is 0 Å². The van der Waals surface area contributed by atoms with E-state index in [1.54, 1.807) is 13.3 Å². The zero-order valence-corrected chi connectivity index (χ0v) is 15.7. The van der Waals surface area contributed by atoms with Gasteiger partial charge in [0.25, 0.3) is 5.91 Å². The molecular weight excluding hydrogens is 352 g/mol. The van der Waals surface area contributed by atoms with Crippen molar-refractivity contribution < 1.29 is 9.53 Å². The second-order valence-corrected chi connectivity index (χ2v) is 6.55. The number of carbonyl (C=O) groups is 1. The lowest BCUT2D eigenvalue weighted by atomic mass is 10.00. The highest BCUT2D eigenvalue weighted by molar-refractivity contribution is 6.01. The Hall–Kier alpha value is -3.54. The maximum atomic E-state index is 12.8. The number of carbonyl (C=O) groups excluding carboxylic acids is 1. The third-order valence-corrected chi connectivity index (χ3v) is 4.72. The molecule has 1 aliphatic rings. The van der Waals surface area contributed by atoms with Crippen LogP contribution >= 0.6 is 0 Å². The van der Waals surface area contributed by atoms with Crippen LogP contribution < -0.4 is 20.7 Å². The lowest BCUT2D eigenvalue weighted by Crippen LogP contribution is -2.23. The number of pyridine rings is 1. The molecule has 0 bridgehead atoms. The van der Waals surface area contributed by atoms with Gasteiger partial charge in [-0.3, -0.25) is 4.79 Å². The molecule has 3 N–H and O–H groups in total. The molecule has 6 heteroatoms. The summed E-state index contributed by atoms with van der Waals surface area (Å²) in [5.74, 6) is 1.52. The molecule has 0 saturated carbocycles. The van der Waals surface area contributed by atoms with E-state index in [-0.39, 0.29) is 5.91 Å². The van der Waals surface area contributed by atoms with Gasteiger partial charge in [-0.15, -0.1) is 0 Å². The maximum absolute atomic E-state index is 12.8. The average molecular weight is 374 g/mol. The monoisotopic (exact) mass is 374 g/mol. The van der Waals surface area contributed by atoms with Gasteiger partial charge >= 0.3 is 0 Å². The van der Waals surface area contributed by atoms with Gasteiger partial charge in [0.2, 0.25) is 0 Å². The number of methoxy groups -OCH3 is 1. The lowest BCUT2D eigenvalue weighted by molar-refractivity contribution is 0.0951. The van der Waals surface area contributed by atoms with E-state index >= 15 is 0 Å². The third-order valence-electron chi connectivity index (χ3n) is 4.72. The molecule has 0 atom stereocenters. The van der Waals surface area contributed by atoms with Crippen LogP contribution in [-0.2, 0) is 6.54 Å². The minimum Gasteiger partial charge on any atom is -0.497 e. The summed E-state index contributed by atoms with van der Waals surface area (Å²) in [5, 5.41) is 9.60. The van der Waals surface area contributed by atoms with Crippen molar-refractivity contribution in [2.45, 2.75) is 6.54 Å². The summed E-state index contributed by atoms with van der Waals surface area (Å²) in [4.78, 5) is 17.3. The number of hydrogen-bond acceptors (Lipinski definition) is 5. The molecule has 0 fully saturated rings. The zero-order chi connectivity index (χ0) is 19.3. The van der Waals surface area contributed by atoms with Gasteiger partial charge < -0.3 is 20.7 Å². The second kappa shape index (κ2) is 8.00. The fourth-order valence-corrected chi connectivity index (χ4v) is 3.22. The smallest absolute Gasteiger partial charge is 0.252 e. The Morgan fingerprint density at radius 1 is 1.11 bits per heavy atom. The second-order valence-electron chi connectivity index (χ2n) is 6.55. The van der Waals surface area contributed by atoms with E-state index in [9.17, 15) is 4.79 Å². The third kappa shape index (κ3) is 3.76. The number of amides is 1. The van der Waals surface area contributed by atoms with Gasteiger partial charge in [0.15, 0.2) is 0 Å². The zero-order valence-electron chi connectivity index (χ0n) is 15.7. The maximum Gasteiger partial charge on any atom is 0.252 e. The Balaban J connectivity index is 1.54. The topological polar surface area (TPSA) is 75.3 Å². The van der Waals surface area contributed by atoms with Crippen molar-refractivity contribution in [3.8, 4) is 16.9 Å². The summed E-state index contributed by atoms with van der Waals surface area (Å²) in [6.45, 7) is 2.15. The molecule has 2 aromatic carbocycles. The van der Waals surface area contributed by atoms with Gasteiger partial charge in [0, 0.05) is 37.0 Å². The van der Waals surface area contributed by atoms with Crippen LogP contribution in [0.25, 0.3) is 11.1 Å². The predicted molar refractivity (Wildman–Crippen MR) is 111 cm³/mol. The highest BCUT2D eigenvalue weighted by Gasteiger charge is 2.15. The van der Waals surface area contributed by atoms with Crippen LogP contribution in [0.5, 0.6) is 5.75 Å². The predicted octanol–water partition coefficient (Wildman–Crippen LogP) is 3.52. The van der Waals surface area contributed by atoms with Crippen LogP contribution in [0.15, 0.2) is 60.8 Å². The Kier molecular flexibility index (Phi) is 5.10. The van der Waals surface area contributed by atoms with Crippen molar-refractivity contribution in [2.24, 2.45) is 0 Å². The minimum atomic E-state index is -0.116. The molecule has 1 aromatic heterocycles. The SMILES string of the molecule is COc1ccc(CNC(=O)c2ccccc2-c2cnc3c(c2)NCCN3)cc1. The Labute approximate surface area is 164 Å². The van der Waals surface area contributed by atoms with Crippen LogP contribution in [0, 0.1) is 0 Å². The van der Waals surface area contributed by atoms with Crippen molar-refractivity contribution in [3.05, 3.63) is 71.9 Å². The van der Waals surface area contributed by atoms with Crippen LogP contribution in [-0.4, -0.2) is 31.1 Å². The lowest BCUT2D eigenvalue weighted by Gasteiger charge is -2.20. The van der Waals surface area contributed by atoms with Crippen molar-refractivity contribution in [1.29, 1.82) is 0 Å². The Morgan fingerprint density at radius 2 is 1.89 bits per heavy atom. The molecule has 28 heavy (non-hydrogen) atoms. The fraction of sp³-hybridized carbons (Fsp3) is 0.182. The quantitative estimate of drug-likeness (QED) is 0.637. The molecule has 1 amide bonds. The van der Waals surface area contributed by atoms with Gasteiger partial charge in [0.1, 0.15) is 11.6 Å². The average Bonchev–Trinajstić information content (AvgIpc) is 2.77. The van der Waals surface area contributed by atoms with Crippen molar-refractivity contribution in [2.75, 3.05) is 30.8 Å². The molecule has 6 nitrogen and oxygen atoms in total. The number of ether oxygens (including phenoxy) is 1. The van der Waals surface area contributed by atoms with E-state index in [0.29, 0.717) is 12.1 Å². The molecule has 0 unspecified atom stereocenters. The summed E-state index contributed by atoms with van der Waals surface area (Å²) in [6, 6.07) is 17.3. The van der Waals surface area contributed by atoms with E-state index in [0.717, 1.165) is 47.0 Å². The van der Waals surface area contributed by atoms with E-state index in [1.807, 2.05) is 54.6 Å². The number of nitrogens with zero attached hydrogens (tertiary/aromatic N) is 1. The number of benzene rings is 2. The molecule has 0 spiro atoms. The minimum absolute atomic E-state index is 0.116. The first-order valence-corrected chi connectivity index (χ1v) is 9.23. The molecule has 1 aliphatic heterocycles. The number of aromatic nitrogens is 1. The number of anilines is 2. The largest absolute Gasteiger partial charge is 0.497 e. The summed E-state index contributed by atoms with van der Waals surface area (Å²) in [6.07, 6.45) is 1.80. The molecule has 0 radical (unpaired) electrons. The number of nitrogens with one attached hydrogen (secondary N) is 3. The Bertz CT molecular complexity index is 986. The van der Waals surface area contributed by atoms with E-state index in [4.69, 9.17) is 4.74 Å². The molecule has 142 valence electrons. The fourth-order valence-electron chi connectivity index (χ4n) is 3.22. The first kappa shape index (κ1) is 17.9. The number of hydrogen-bond donors (Lipinski definition) is 3. The number of fused-ring (bicyclic) bond motifs is 1. The molecular formula is C22H22N4O2. The molecule has 2 heterocycles. The summed E-state index contributed by atoms with van der Waals surface area (Å²) in [7, 11) is 1.63. The number of rotatable bonds is 5. The van der Waals surface area contributed by atoms with Crippen LogP contribution in [0.2, 0.25) is 0 Å². The van der Waals surface area contributed by atoms with Gasteiger partial charge in [0.05, 0.1) is 12.8 Å². The Morgan fingerprint density at radius 3 is 2.71 bits per heavy atom. The van der Waals surface area contributed by atoms with Gasteiger partial charge in [-0.2, -0.15) is 0 Å². The molecule has 3 aromatic rings. The van der Waals surface area contributed by atoms with Gasteiger partial charge in [-0.1, -0.05) is 30.3 Å². The van der Waals surface area contributed by atoms with Gasteiger partial charge in [-0.25, -0.2) is 4.98 Å². The van der Waals surface area contributed by atoms with Crippen molar-refractivity contribution in [1.82, 2.24) is 10.3 Å². The highest BCUT2D eigenvalue weighted by atomic mass is 16.5. The van der Waals surface area contributed by atoms with E-state index in [2.05, 4.69) is 20.9 Å². The van der Waals surface area contributed by atoms with Crippen molar-refractivity contribution in [3.63, 3.8) is 0 Å². The van der Waals surface area contributed by atoms with E-state index in [1.165, 1.54) is 0 Å². The first-order valence-electron chi connectivity index (χ1n) is 9.23. The van der Waals surface area contributed by atoms with Crippen molar-refractivity contribution >= 4 is 17.4 Å². The summed E-state index contributed by atoms with van der Waals surface area (Å²) < 4.78 is 5.17.